The molecule has 0 N–H and O–H groups in total. The second-order valence-electron chi connectivity index (χ2n) is 7.45. The molecular formula is C22H21ClF3N3O2S. The summed E-state index contributed by atoms with van der Waals surface area (Å²) in [6.45, 7) is 4.24. The zero-order valence-electron chi connectivity index (χ0n) is 17.1. The molecule has 5 nitrogen and oxygen atoms in total. The third kappa shape index (κ3) is 5.40. The molecule has 1 saturated heterocycles. The minimum Gasteiger partial charge on any atom is -0.379 e. The van der Waals surface area contributed by atoms with Gasteiger partial charge in [-0.3, -0.25) is 14.6 Å². The van der Waals surface area contributed by atoms with Crippen LogP contribution in [0.15, 0.2) is 42.5 Å². The lowest BCUT2D eigenvalue weighted by Crippen LogP contribution is -2.39. The number of hydrogen-bond donors (Lipinski definition) is 0. The summed E-state index contributed by atoms with van der Waals surface area (Å²) in [6.07, 6.45) is -3.76. The summed E-state index contributed by atoms with van der Waals surface area (Å²) in [4.78, 5) is 21.7. The van der Waals surface area contributed by atoms with Gasteiger partial charge < -0.3 is 4.74 Å². The van der Waals surface area contributed by atoms with E-state index in [0.717, 1.165) is 36.5 Å². The fourth-order valence-electron chi connectivity index (χ4n) is 3.52. The van der Waals surface area contributed by atoms with Gasteiger partial charge in [-0.1, -0.05) is 22.9 Å². The maximum absolute atomic E-state index is 13.3. The number of ether oxygens (including phenoxy) is 1. The van der Waals surface area contributed by atoms with Crippen LogP contribution in [-0.4, -0.2) is 55.2 Å². The Hall–Kier alpha value is -2.20. The molecule has 1 fully saturated rings. The number of carbonyl (C=O) groups excluding carboxylic acids is 1. The van der Waals surface area contributed by atoms with E-state index >= 15 is 0 Å². The largest absolute Gasteiger partial charge is 0.416 e. The number of alkyl halides is 3. The fourth-order valence-corrected chi connectivity index (χ4v) is 4.79. The maximum atomic E-state index is 13.3. The van der Waals surface area contributed by atoms with E-state index in [1.54, 1.807) is 23.1 Å². The Kier molecular flexibility index (Phi) is 6.99. The molecular weight excluding hydrogens is 463 g/mol. The highest BCUT2D eigenvalue weighted by atomic mass is 35.5. The van der Waals surface area contributed by atoms with Gasteiger partial charge in [0, 0.05) is 36.8 Å². The van der Waals surface area contributed by atoms with Crippen molar-refractivity contribution >= 4 is 44.2 Å². The molecule has 1 aliphatic heterocycles. The molecule has 1 aromatic heterocycles. The highest BCUT2D eigenvalue weighted by molar-refractivity contribution is 7.22. The van der Waals surface area contributed by atoms with Crippen molar-refractivity contribution < 1.29 is 22.7 Å². The molecule has 0 radical (unpaired) electrons. The second-order valence-corrected chi connectivity index (χ2v) is 8.89. The zero-order chi connectivity index (χ0) is 22.7. The van der Waals surface area contributed by atoms with Gasteiger partial charge in [0.2, 0.25) is 0 Å². The molecule has 0 saturated carbocycles. The lowest BCUT2D eigenvalue weighted by Gasteiger charge is -2.27. The van der Waals surface area contributed by atoms with Gasteiger partial charge >= 0.3 is 6.18 Å². The highest BCUT2D eigenvalue weighted by Gasteiger charge is 2.31. The molecule has 1 aliphatic rings. The number of rotatable bonds is 6. The van der Waals surface area contributed by atoms with E-state index in [2.05, 4.69) is 9.88 Å². The molecule has 0 bridgehead atoms. The van der Waals surface area contributed by atoms with Gasteiger partial charge in [-0.25, -0.2) is 4.98 Å². The molecule has 2 aromatic carbocycles. The van der Waals surface area contributed by atoms with E-state index in [4.69, 9.17) is 16.3 Å². The second kappa shape index (κ2) is 9.74. The number of amides is 1. The van der Waals surface area contributed by atoms with Crippen LogP contribution < -0.4 is 4.90 Å². The molecule has 0 atom stereocenters. The summed E-state index contributed by atoms with van der Waals surface area (Å²) in [5.74, 6) is -0.383. The van der Waals surface area contributed by atoms with Crippen LogP contribution in [0.2, 0.25) is 5.02 Å². The van der Waals surface area contributed by atoms with Gasteiger partial charge in [-0.05, 0) is 48.9 Å². The first-order valence-corrected chi connectivity index (χ1v) is 11.4. The molecule has 170 valence electrons. The molecule has 0 spiro atoms. The van der Waals surface area contributed by atoms with E-state index < -0.39 is 11.7 Å². The molecule has 1 amide bonds. The SMILES string of the molecule is O=C(c1ccc(C(F)(F)F)cc1)N(CCCN1CCOCC1)c1nc2ccc(Cl)cc2s1. The summed E-state index contributed by atoms with van der Waals surface area (Å²) in [6, 6.07) is 9.58. The number of aromatic nitrogens is 1. The van der Waals surface area contributed by atoms with Crippen LogP contribution in [0.3, 0.4) is 0 Å². The van der Waals surface area contributed by atoms with Crippen LogP contribution in [0.25, 0.3) is 10.2 Å². The van der Waals surface area contributed by atoms with Gasteiger partial charge in [0.25, 0.3) is 5.91 Å². The molecule has 10 heteroatoms. The van der Waals surface area contributed by atoms with Gasteiger partial charge in [-0.2, -0.15) is 13.2 Å². The van der Waals surface area contributed by atoms with Gasteiger partial charge in [0.05, 0.1) is 29.0 Å². The number of hydrogen-bond acceptors (Lipinski definition) is 5. The molecule has 0 aliphatic carbocycles. The van der Waals surface area contributed by atoms with Crippen molar-refractivity contribution in [2.24, 2.45) is 0 Å². The Morgan fingerprint density at radius 3 is 2.56 bits per heavy atom. The quantitative estimate of drug-likeness (QED) is 0.475. The number of halogens is 4. The lowest BCUT2D eigenvalue weighted by atomic mass is 10.1. The first-order chi connectivity index (χ1) is 15.3. The summed E-state index contributed by atoms with van der Waals surface area (Å²) >= 11 is 7.41. The third-order valence-electron chi connectivity index (χ3n) is 5.23. The summed E-state index contributed by atoms with van der Waals surface area (Å²) < 4.78 is 44.9. The van der Waals surface area contributed by atoms with Crippen molar-refractivity contribution in [3.8, 4) is 0 Å². The molecule has 0 unspecified atom stereocenters. The fraction of sp³-hybridized carbons (Fsp3) is 0.364. The normalized spacial score (nSPS) is 15.2. The molecule has 32 heavy (non-hydrogen) atoms. The topological polar surface area (TPSA) is 45.7 Å². The van der Waals surface area contributed by atoms with Gasteiger partial charge in [-0.15, -0.1) is 0 Å². The van der Waals surface area contributed by atoms with Crippen LogP contribution in [0.1, 0.15) is 22.3 Å². The van der Waals surface area contributed by atoms with E-state index in [1.807, 2.05) is 0 Å². The Labute approximate surface area is 192 Å². The van der Waals surface area contributed by atoms with Crippen molar-refractivity contribution in [3.05, 3.63) is 58.6 Å². The Morgan fingerprint density at radius 1 is 1.16 bits per heavy atom. The van der Waals surface area contributed by atoms with Crippen LogP contribution in [0.5, 0.6) is 0 Å². The van der Waals surface area contributed by atoms with E-state index in [9.17, 15) is 18.0 Å². The van der Waals surface area contributed by atoms with Gasteiger partial charge in [0.15, 0.2) is 5.13 Å². The first-order valence-electron chi connectivity index (χ1n) is 10.2. The number of anilines is 1. The van der Waals surface area contributed by atoms with Crippen LogP contribution in [0.4, 0.5) is 18.3 Å². The first kappa shape index (κ1) is 23.0. The summed E-state index contributed by atoms with van der Waals surface area (Å²) in [5, 5.41) is 1.06. The average Bonchev–Trinajstić information content (AvgIpc) is 3.19. The predicted molar refractivity (Wildman–Crippen MR) is 120 cm³/mol. The van der Waals surface area contributed by atoms with E-state index in [0.29, 0.717) is 41.9 Å². The molecule has 3 aromatic rings. The number of carbonyl (C=O) groups is 1. The zero-order valence-corrected chi connectivity index (χ0v) is 18.6. The smallest absolute Gasteiger partial charge is 0.379 e. The van der Waals surface area contributed by atoms with Crippen molar-refractivity contribution in [2.75, 3.05) is 44.3 Å². The van der Waals surface area contributed by atoms with Gasteiger partial charge in [0.1, 0.15) is 0 Å². The van der Waals surface area contributed by atoms with Crippen LogP contribution in [0, 0.1) is 0 Å². The van der Waals surface area contributed by atoms with Crippen molar-refractivity contribution in [1.82, 2.24) is 9.88 Å². The Balaban J connectivity index is 1.57. The molecule has 4 rings (SSSR count). The van der Waals surface area contributed by atoms with E-state index in [-0.39, 0.29) is 11.5 Å². The Bertz CT molecular complexity index is 1080. The van der Waals surface area contributed by atoms with Crippen molar-refractivity contribution in [3.63, 3.8) is 0 Å². The van der Waals surface area contributed by atoms with Crippen molar-refractivity contribution in [1.29, 1.82) is 0 Å². The Morgan fingerprint density at radius 2 is 1.88 bits per heavy atom. The highest BCUT2D eigenvalue weighted by Crippen LogP contribution is 2.33. The summed E-state index contributed by atoms with van der Waals surface area (Å²) in [7, 11) is 0. The van der Waals surface area contributed by atoms with Crippen LogP contribution in [-0.2, 0) is 10.9 Å². The number of nitrogens with zero attached hydrogens (tertiary/aromatic N) is 3. The average molecular weight is 484 g/mol. The summed E-state index contributed by atoms with van der Waals surface area (Å²) in [5.41, 5.74) is 0.108. The maximum Gasteiger partial charge on any atom is 0.416 e. The number of morpholine rings is 1. The van der Waals surface area contributed by atoms with Crippen LogP contribution >= 0.6 is 22.9 Å². The predicted octanol–water partition coefficient (Wildman–Crippen LogP) is 5.34. The number of benzene rings is 2. The monoisotopic (exact) mass is 483 g/mol. The standard InChI is InChI=1S/C22H21ClF3N3O2S/c23-17-6-7-18-19(14-17)32-21(27-18)29(9-1-8-28-10-12-31-13-11-28)20(30)15-2-4-16(5-3-15)22(24,25)26/h2-7,14H,1,8-13H2. The number of fused-ring (bicyclic) bond motifs is 1. The van der Waals surface area contributed by atoms with E-state index in [1.165, 1.54) is 23.5 Å². The number of thiazole rings is 1. The lowest BCUT2D eigenvalue weighted by molar-refractivity contribution is -0.137. The minimum atomic E-state index is -4.45. The third-order valence-corrected chi connectivity index (χ3v) is 6.51. The molecule has 2 heterocycles. The van der Waals surface area contributed by atoms with Crippen molar-refractivity contribution in [2.45, 2.75) is 12.6 Å². The minimum absolute atomic E-state index is 0.182.